The van der Waals surface area contributed by atoms with Crippen LogP contribution in [0.3, 0.4) is 0 Å². The summed E-state index contributed by atoms with van der Waals surface area (Å²) in [6.07, 6.45) is 6.05. The zero-order chi connectivity index (χ0) is 8.10. The third-order valence-electron chi connectivity index (χ3n) is 2.04. The van der Waals surface area contributed by atoms with Gasteiger partial charge in [0.25, 0.3) is 0 Å². The molecule has 0 aromatic carbocycles. The average Bonchev–Trinajstić information content (AvgIpc) is 2.07. The van der Waals surface area contributed by atoms with Gasteiger partial charge in [-0.05, 0) is 32.7 Å². The maximum absolute atomic E-state index is 5.53. The van der Waals surface area contributed by atoms with Gasteiger partial charge in [-0.25, -0.2) is 0 Å². The fraction of sp³-hybridized carbons (Fsp3) is 0.889. The van der Waals surface area contributed by atoms with Crippen LogP contribution < -0.4 is 0 Å². The number of nitrogens with zero attached hydrogens (tertiary/aromatic N) is 1. The van der Waals surface area contributed by atoms with Crippen molar-refractivity contribution in [1.82, 2.24) is 4.90 Å². The summed E-state index contributed by atoms with van der Waals surface area (Å²) in [5.41, 5.74) is 0. The highest BCUT2D eigenvalue weighted by Crippen LogP contribution is 2.21. The largest absolute Gasteiger partial charge is 0.356 e. The topological polar surface area (TPSA) is 12.5 Å². The Morgan fingerprint density at radius 3 is 2.82 bits per heavy atom. The Kier molecular flexibility index (Phi) is 3.87. The molecule has 0 aromatic heterocycles. The first-order chi connectivity index (χ1) is 5.34. The molecule has 1 radical (unpaired) electrons. The predicted molar refractivity (Wildman–Crippen MR) is 46.0 cm³/mol. The molecule has 2 heteroatoms. The van der Waals surface area contributed by atoms with Crippen LogP contribution in [0.2, 0.25) is 0 Å². The molecule has 11 heavy (non-hydrogen) atoms. The van der Waals surface area contributed by atoms with E-state index in [1.165, 1.54) is 25.5 Å². The van der Waals surface area contributed by atoms with E-state index in [2.05, 4.69) is 18.9 Å². The molecule has 0 saturated carbocycles. The minimum atomic E-state index is 0.920. The van der Waals surface area contributed by atoms with Crippen LogP contribution in [0.1, 0.15) is 32.6 Å². The molecule has 1 aliphatic rings. The lowest BCUT2D eigenvalue weighted by atomic mass is 10.2. The lowest BCUT2D eigenvalue weighted by Gasteiger charge is -2.29. The van der Waals surface area contributed by atoms with Gasteiger partial charge in [-0.15, -0.1) is 0 Å². The van der Waals surface area contributed by atoms with Gasteiger partial charge < -0.3 is 4.74 Å². The van der Waals surface area contributed by atoms with Crippen LogP contribution in [-0.2, 0) is 4.74 Å². The molecule has 0 bridgehead atoms. The van der Waals surface area contributed by atoms with Gasteiger partial charge in [-0.2, -0.15) is 0 Å². The molecule has 0 aliphatic carbocycles. The van der Waals surface area contributed by atoms with Crippen molar-refractivity contribution >= 4 is 0 Å². The zero-order valence-corrected chi connectivity index (χ0v) is 7.60. The molecule has 1 rings (SSSR count). The fourth-order valence-corrected chi connectivity index (χ4v) is 1.40. The summed E-state index contributed by atoms with van der Waals surface area (Å²) in [4.78, 5) is 2.24. The summed E-state index contributed by atoms with van der Waals surface area (Å²) in [5.74, 6) is 0. The molecular weight excluding hydrogens is 138 g/mol. The van der Waals surface area contributed by atoms with Crippen molar-refractivity contribution in [1.29, 1.82) is 0 Å². The molecular formula is C9H18NO. The summed E-state index contributed by atoms with van der Waals surface area (Å²) < 4.78 is 5.53. The van der Waals surface area contributed by atoms with Gasteiger partial charge >= 0.3 is 0 Å². The maximum Gasteiger partial charge on any atom is 0.164 e. The van der Waals surface area contributed by atoms with Crippen LogP contribution in [0.25, 0.3) is 0 Å². The third kappa shape index (κ3) is 2.80. The molecule has 65 valence electrons. The van der Waals surface area contributed by atoms with Crippen LogP contribution in [-0.4, -0.2) is 25.1 Å². The van der Waals surface area contributed by atoms with Gasteiger partial charge in [0.2, 0.25) is 0 Å². The first-order valence-electron chi connectivity index (χ1n) is 4.54. The van der Waals surface area contributed by atoms with Crippen LogP contribution >= 0.6 is 0 Å². The van der Waals surface area contributed by atoms with Crippen molar-refractivity contribution < 1.29 is 4.74 Å². The smallest absolute Gasteiger partial charge is 0.164 e. The molecule has 1 fully saturated rings. The monoisotopic (exact) mass is 156 g/mol. The molecule has 0 atom stereocenters. The minimum absolute atomic E-state index is 0.920. The number of ether oxygens (including phenoxy) is 1. The standard InChI is InChI=1S/C9H18NO/c1-3-7-10(2)9-6-4-5-8-11-9/h3-8H2,1-2H3. The highest BCUT2D eigenvalue weighted by Gasteiger charge is 2.18. The summed E-state index contributed by atoms with van der Waals surface area (Å²) in [6.45, 7) is 4.23. The fourth-order valence-electron chi connectivity index (χ4n) is 1.40. The molecule has 0 amide bonds. The maximum atomic E-state index is 5.53. The van der Waals surface area contributed by atoms with Crippen molar-refractivity contribution in [3.05, 3.63) is 6.23 Å². The molecule has 1 aliphatic heterocycles. The third-order valence-corrected chi connectivity index (χ3v) is 2.04. The molecule has 0 aromatic rings. The van der Waals surface area contributed by atoms with Crippen molar-refractivity contribution in [3.8, 4) is 0 Å². The highest BCUT2D eigenvalue weighted by molar-refractivity contribution is 4.79. The first-order valence-corrected chi connectivity index (χ1v) is 4.54. The van der Waals surface area contributed by atoms with Gasteiger partial charge in [-0.1, -0.05) is 6.92 Å². The van der Waals surface area contributed by atoms with Gasteiger partial charge in [0.15, 0.2) is 6.23 Å². The van der Waals surface area contributed by atoms with Gasteiger partial charge in [0.05, 0.1) is 0 Å². The molecule has 1 saturated heterocycles. The lowest BCUT2D eigenvalue weighted by Crippen LogP contribution is -2.29. The predicted octanol–water partition coefficient (Wildman–Crippen LogP) is 2.02. The van der Waals surface area contributed by atoms with Gasteiger partial charge in [0, 0.05) is 13.2 Å². The second-order valence-electron chi connectivity index (χ2n) is 3.12. The number of rotatable bonds is 3. The van der Waals surface area contributed by atoms with Crippen molar-refractivity contribution in [2.45, 2.75) is 32.6 Å². The van der Waals surface area contributed by atoms with E-state index in [9.17, 15) is 0 Å². The quantitative estimate of drug-likeness (QED) is 0.620. The molecule has 2 nitrogen and oxygen atoms in total. The van der Waals surface area contributed by atoms with E-state index >= 15 is 0 Å². The Morgan fingerprint density at radius 2 is 2.27 bits per heavy atom. The minimum Gasteiger partial charge on any atom is -0.356 e. The zero-order valence-electron chi connectivity index (χ0n) is 7.60. The van der Waals surface area contributed by atoms with Crippen LogP contribution in [0.5, 0.6) is 0 Å². The van der Waals surface area contributed by atoms with Crippen molar-refractivity contribution in [3.63, 3.8) is 0 Å². The normalized spacial score (nSPS) is 21.0. The SMILES string of the molecule is CCCN(C)[C]1CCCCO1. The Balaban J connectivity index is 2.21. The van der Waals surface area contributed by atoms with E-state index in [1.807, 2.05) is 0 Å². The Bertz CT molecular complexity index is 99.7. The first kappa shape index (κ1) is 9.01. The van der Waals surface area contributed by atoms with Crippen LogP contribution in [0, 0.1) is 6.23 Å². The van der Waals surface area contributed by atoms with E-state index in [0.717, 1.165) is 19.6 Å². The summed E-state index contributed by atoms with van der Waals surface area (Å²) in [7, 11) is 2.12. The number of hydrogen-bond acceptors (Lipinski definition) is 2. The molecule has 0 N–H and O–H groups in total. The Labute approximate surface area is 69.5 Å². The Morgan fingerprint density at radius 1 is 1.45 bits per heavy atom. The summed E-state index contributed by atoms with van der Waals surface area (Å²) in [5, 5.41) is 0. The second-order valence-corrected chi connectivity index (χ2v) is 3.12. The second kappa shape index (κ2) is 4.73. The summed E-state index contributed by atoms with van der Waals surface area (Å²) in [6, 6.07) is 0. The Hall–Kier alpha value is -0.0800. The molecule has 0 unspecified atom stereocenters. The summed E-state index contributed by atoms with van der Waals surface area (Å²) >= 11 is 0. The van der Waals surface area contributed by atoms with E-state index in [1.54, 1.807) is 0 Å². The van der Waals surface area contributed by atoms with E-state index in [0.29, 0.717) is 0 Å². The van der Waals surface area contributed by atoms with E-state index < -0.39 is 0 Å². The van der Waals surface area contributed by atoms with E-state index in [4.69, 9.17) is 4.74 Å². The van der Waals surface area contributed by atoms with Crippen molar-refractivity contribution in [2.75, 3.05) is 20.2 Å². The highest BCUT2D eigenvalue weighted by atomic mass is 16.5. The van der Waals surface area contributed by atoms with Crippen LogP contribution in [0.4, 0.5) is 0 Å². The molecule has 0 spiro atoms. The van der Waals surface area contributed by atoms with Gasteiger partial charge in [0.1, 0.15) is 0 Å². The van der Waals surface area contributed by atoms with Crippen LogP contribution in [0.15, 0.2) is 0 Å². The average molecular weight is 156 g/mol. The van der Waals surface area contributed by atoms with E-state index in [-0.39, 0.29) is 0 Å². The van der Waals surface area contributed by atoms with Gasteiger partial charge in [-0.3, -0.25) is 4.90 Å². The molecule has 1 heterocycles. The number of hydrogen-bond donors (Lipinski definition) is 0. The lowest BCUT2D eigenvalue weighted by molar-refractivity contribution is 0.0157. The van der Waals surface area contributed by atoms with Crippen molar-refractivity contribution in [2.24, 2.45) is 0 Å².